The minimum absolute atomic E-state index is 0.0278. The van der Waals surface area contributed by atoms with Gasteiger partial charge in [-0.3, -0.25) is 9.59 Å². The van der Waals surface area contributed by atoms with Crippen molar-refractivity contribution in [3.8, 4) is 0 Å². The molecule has 2 rings (SSSR count). The molecule has 0 atom stereocenters. The first kappa shape index (κ1) is 16.0. The molecule has 1 aromatic rings. The number of benzene rings is 1. The first-order valence-corrected chi connectivity index (χ1v) is 8.10. The second-order valence-electron chi connectivity index (χ2n) is 5.62. The summed E-state index contributed by atoms with van der Waals surface area (Å²) in [7, 11) is 0. The van der Waals surface area contributed by atoms with E-state index in [2.05, 4.69) is 21.2 Å². The number of halogens is 1. The van der Waals surface area contributed by atoms with Gasteiger partial charge < -0.3 is 10.2 Å². The minimum atomic E-state index is -0.151. The highest BCUT2D eigenvalue weighted by Crippen LogP contribution is 2.25. The summed E-state index contributed by atoms with van der Waals surface area (Å²) in [6.45, 7) is 3.65. The van der Waals surface area contributed by atoms with Gasteiger partial charge in [-0.25, -0.2) is 0 Å². The fourth-order valence-electron chi connectivity index (χ4n) is 2.78. The van der Waals surface area contributed by atoms with Crippen LogP contribution in [0.4, 0.5) is 5.69 Å². The Labute approximate surface area is 134 Å². The third-order valence-corrected chi connectivity index (χ3v) is 4.54. The maximum Gasteiger partial charge on any atom is 0.244 e. The van der Waals surface area contributed by atoms with Gasteiger partial charge in [0, 0.05) is 17.4 Å². The van der Waals surface area contributed by atoms with Crippen molar-refractivity contribution in [3.05, 3.63) is 28.2 Å². The van der Waals surface area contributed by atoms with Crippen molar-refractivity contribution in [2.24, 2.45) is 0 Å². The Bertz CT molecular complexity index is 539. The van der Waals surface area contributed by atoms with Gasteiger partial charge in [0.2, 0.25) is 11.8 Å². The lowest BCUT2D eigenvalue weighted by molar-refractivity contribution is -0.135. The molecule has 1 saturated carbocycles. The van der Waals surface area contributed by atoms with E-state index < -0.39 is 0 Å². The maximum atomic E-state index is 12.2. The molecule has 0 unspecified atom stereocenters. The molecule has 0 aliphatic heterocycles. The molecule has 2 amide bonds. The summed E-state index contributed by atoms with van der Waals surface area (Å²) in [6, 6.07) is 5.98. The Morgan fingerprint density at radius 1 is 1.33 bits per heavy atom. The van der Waals surface area contributed by atoms with E-state index >= 15 is 0 Å². The van der Waals surface area contributed by atoms with Crippen LogP contribution < -0.4 is 5.32 Å². The van der Waals surface area contributed by atoms with Gasteiger partial charge in [0.25, 0.3) is 0 Å². The number of carbonyl (C=O) groups is 2. The number of carbonyl (C=O) groups excluding carboxylic acids is 2. The second-order valence-corrected chi connectivity index (χ2v) is 6.47. The number of nitrogens with zero attached hydrogens (tertiary/aromatic N) is 1. The lowest BCUT2D eigenvalue weighted by atomic mass is 10.2. The third-order valence-electron chi connectivity index (χ3n) is 3.88. The van der Waals surface area contributed by atoms with E-state index in [0.717, 1.165) is 41.4 Å². The van der Waals surface area contributed by atoms with E-state index in [-0.39, 0.29) is 24.4 Å². The standard InChI is InChI=1S/C16H21BrN2O2/c1-11-7-8-15(14(17)9-11)18-16(21)10-19(12(2)20)13-5-3-4-6-13/h7-9,13H,3-6,10H2,1-2H3,(H,18,21). The van der Waals surface area contributed by atoms with Crippen LogP contribution in [0, 0.1) is 6.92 Å². The van der Waals surface area contributed by atoms with Crippen LogP contribution in [-0.2, 0) is 9.59 Å². The molecular formula is C16H21BrN2O2. The summed E-state index contributed by atoms with van der Waals surface area (Å²) in [5, 5.41) is 2.87. The number of nitrogens with one attached hydrogen (secondary N) is 1. The van der Waals surface area contributed by atoms with Crippen LogP contribution >= 0.6 is 15.9 Å². The average molecular weight is 353 g/mol. The van der Waals surface area contributed by atoms with Crippen LogP contribution in [-0.4, -0.2) is 29.3 Å². The van der Waals surface area contributed by atoms with Crippen LogP contribution in [0.25, 0.3) is 0 Å². The zero-order valence-electron chi connectivity index (χ0n) is 12.5. The first-order chi connectivity index (χ1) is 9.97. The first-order valence-electron chi connectivity index (χ1n) is 7.30. The van der Waals surface area contributed by atoms with E-state index in [0.29, 0.717) is 0 Å². The highest BCUT2D eigenvalue weighted by atomic mass is 79.9. The van der Waals surface area contributed by atoms with Crippen LogP contribution in [0.2, 0.25) is 0 Å². The number of anilines is 1. The Morgan fingerprint density at radius 3 is 2.57 bits per heavy atom. The van der Waals surface area contributed by atoms with Gasteiger partial charge in [0.1, 0.15) is 6.54 Å². The molecule has 21 heavy (non-hydrogen) atoms. The normalized spacial score (nSPS) is 15.0. The number of amides is 2. The van der Waals surface area contributed by atoms with Crippen molar-refractivity contribution in [1.82, 2.24) is 4.90 Å². The van der Waals surface area contributed by atoms with Crippen LogP contribution in [0.15, 0.2) is 22.7 Å². The van der Waals surface area contributed by atoms with Gasteiger partial charge in [-0.1, -0.05) is 18.9 Å². The van der Waals surface area contributed by atoms with Gasteiger partial charge in [-0.15, -0.1) is 0 Å². The summed E-state index contributed by atoms with van der Waals surface area (Å²) < 4.78 is 0.853. The molecule has 114 valence electrons. The molecule has 0 bridgehead atoms. The number of aryl methyl sites for hydroxylation is 1. The van der Waals surface area contributed by atoms with Crippen molar-refractivity contribution >= 4 is 33.4 Å². The highest BCUT2D eigenvalue weighted by molar-refractivity contribution is 9.10. The van der Waals surface area contributed by atoms with Gasteiger partial charge in [-0.2, -0.15) is 0 Å². The zero-order valence-corrected chi connectivity index (χ0v) is 14.1. The summed E-state index contributed by atoms with van der Waals surface area (Å²) in [5.41, 5.74) is 1.86. The summed E-state index contributed by atoms with van der Waals surface area (Å²) in [6.07, 6.45) is 4.28. The predicted octanol–water partition coefficient (Wildman–Crippen LogP) is 3.49. The zero-order chi connectivity index (χ0) is 15.4. The van der Waals surface area contributed by atoms with Crippen molar-refractivity contribution in [2.75, 3.05) is 11.9 Å². The Kier molecular flexibility index (Phi) is 5.39. The third kappa shape index (κ3) is 4.30. The van der Waals surface area contributed by atoms with Gasteiger partial charge in [0.05, 0.1) is 5.69 Å². The SMILES string of the molecule is CC(=O)N(CC(=O)Nc1ccc(C)cc1Br)C1CCCC1. The van der Waals surface area contributed by atoms with Crippen LogP contribution in [0.5, 0.6) is 0 Å². The molecular weight excluding hydrogens is 332 g/mol. The molecule has 1 aromatic carbocycles. The fraction of sp³-hybridized carbons (Fsp3) is 0.500. The summed E-state index contributed by atoms with van der Waals surface area (Å²) in [5.74, 6) is -0.179. The van der Waals surface area contributed by atoms with E-state index in [1.165, 1.54) is 6.92 Å². The topological polar surface area (TPSA) is 49.4 Å². The fourth-order valence-corrected chi connectivity index (χ4v) is 3.37. The molecule has 1 aliphatic carbocycles. The summed E-state index contributed by atoms with van der Waals surface area (Å²) >= 11 is 3.44. The highest BCUT2D eigenvalue weighted by Gasteiger charge is 2.26. The number of hydrogen-bond acceptors (Lipinski definition) is 2. The minimum Gasteiger partial charge on any atom is -0.331 e. The lowest BCUT2D eigenvalue weighted by Gasteiger charge is -2.27. The van der Waals surface area contributed by atoms with Crippen molar-refractivity contribution in [3.63, 3.8) is 0 Å². The maximum absolute atomic E-state index is 12.2. The molecule has 0 saturated heterocycles. The largest absolute Gasteiger partial charge is 0.331 e. The van der Waals surface area contributed by atoms with E-state index in [4.69, 9.17) is 0 Å². The van der Waals surface area contributed by atoms with Gasteiger partial charge >= 0.3 is 0 Å². The van der Waals surface area contributed by atoms with E-state index in [9.17, 15) is 9.59 Å². The van der Waals surface area contributed by atoms with Crippen molar-refractivity contribution in [1.29, 1.82) is 0 Å². The number of rotatable bonds is 4. The lowest BCUT2D eigenvalue weighted by Crippen LogP contribution is -2.42. The van der Waals surface area contributed by atoms with Crippen LogP contribution in [0.3, 0.4) is 0 Å². The molecule has 1 aliphatic rings. The molecule has 0 spiro atoms. The second kappa shape index (κ2) is 7.07. The van der Waals surface area contributed by atoms with Gasteiger partial charge in [0.15, 0.2) is 0 Å². The smallest absolute Gasteiger partial charge is 0.244 e. The van der Waals surface area contributed by atoms with Crippen LogP contribution in [0.1, 0.15) is 38.2 Å². The molecule has 0 aromatic heterocycles. The molecule has 5 heteroatoms. The predicted molar refractivity (Wildman–Crippen MR) is 87.2 cm³/mol. The van der Waals surface area contributed by atoms with E-state index in [1.807, 2.05) is 25.1 Å². The number of hydrogen-bond donors (Lipinski definition) is 1. The molecule has 0 heterocycles. The average Bonchev–Trinajstić information content (AvgIpc) is 2.92. The van der Waals surface area contributed by atoms with E-state index in [1.54, 1.807) is 4.90 Å². The molecule has 1 fully saturated rings. The van der Waals surface area contributed by atoms with Crippen molar-refractivity contribution < 1.29 is 9.59 Å². The van der Waals surface area contributed by atoms with Crippen molar-refractivity contribution in [2.45, 2.75) is 45.6 Å². The monoisotopic (exact) mass is 352 g/mol. The Hall–Kier alpha value is -1.36. The molecule has 1 N–H and O–H groups in total. The Balaban J connectivity index is 2.00. The van der Waals surface area contributed by atoms with Gasteiger partial charge in [-0.05, 0) is 53.4 Å². The molecule has 4 nitrogen and oxygen atoms in total. The summed E-state index contributed by atoms with van der Waals surface area (Å²) in [4.78, 5) is 25.7. The molecule has 0 radical (unpaired) electrons. The quantitative estimate of drug-likeness (QED) is 0.901. The Morgan fingerprint density at radius 2 is 2.00 bits per heavy atom.